The number of nitrogens with one attached hydrogen (secondary N) is 2. The van der Waals surface area contributed by atoms with Crippen LogP contribution in [0.1, 0.15) is 36.8 Å². The minimum absolute atomic E-state index is 0.139. The Morgan fingerprint density at radius 2 is 1.66 bits per heavy atom. The van der Waals surface area contributed by atoms with Gasteiger partial charge in [-0.3, -0.25) is 14.4 Å². The molecule has 0 bridgehead atoms. The van der Waals surface area contributed by atoms with Gasteiger partial charge in [-0.05, 0) is 31.0 Å². The fraction of sp³-hybridized carbons (Fsp3) is 0.385. The lowest BCUT2D eigenvalue weighted by Crippen LogP contribution is -2.48. The fourth-order valence-corrected chi connectivity index (χ4v) is 4.57. The average Bonchev–Trinajstić information content (AvgIpc) is 3.00. The average molecular weight is 607 g/mol. The van der Waals surface area contributed by atoms with Gasteiger partial charge in [0.05, 0.1) is 18.5 Å². The third-order valence-electron chi connectivity index (χ3n) is 6.30. The molecule has 0 saturated heterocycles. The smallest absolute Gasteiger partial charge is 0.389 e. The Morgan fingerprint density at radius 1 is 1.05 bits per heavy atom. The molecule has 222 valence electrons. The van der Waals surface area contributed by atoms with E-state index < -0.39 is 73.8 Å². The van der Waals surface area contributed by atoms with Crippen LogP contribution in [0.4, 0.5) is 32.0 Å². The Labute approximate surface area is 235 Å². The van der Waals surface area contributed by atoms with Crippen LogP contribution in [0.25, 0.3) is 0 Å². The number of rotatable bonds is 10. The first kappa shape index (κ1) is 31.7. The van der Waals surface area contributed by atoms with Crippen LogP contribution in [0, 0.1) is 11.8 Å². The number of anilines is 1. The van der Waals surface area contributed by atoms with Gasteiger partial charge in [0.1, 0.15) is 5.75 Å². The Morgan fingerprint density at radius 3 is 2.22 bits per heavy atom. The first-order valence-corrected chi connectivity index (χ1v) is 12.5. The van der Waals surface area contributed by atoms with Crippen LogP contribution >= 0.6 is 11.6 Å². The summed E-state index contributed by atoms with van der Waals surface area (Å²) < 4.78 is 83.1. The number of carbonyl (C=O) groups is 3. The van der Waals surface area contributed by atoms with Gasteiger partial charge in [0.2, 0.25) is 18.0 Å². The van der Waals surface area contributed by atoms with Crippen molar-refractivity contribution >= 4 is 40.7 Å². The Bertz CT molecular complexity index is 1330. The van der Waals surface area contributed by atoms with Crippen molar-refractivity contribution in [3.8, 4) is 5.75 Å². The van der Waals surface area contributed by atoms with E-state index in [2.05, 4.69) is 15.6 Å². The number of primary amides is 1. The standard InChI is InChI=1S/C26H25ClF6N4O4/c1-41-18-7-3-6-17-19(13-4-2-5-14(27)12-13)35-22(24(40)36-20(17)18)37-23(39)16(9-11-26(31,32)33)15(21(34)38)8-10-25(28,29)30/h2-7,12,15-16,22H,8-11H2,1H3,(H2,34,38)(H,36,40)(H,37,39)/t15-,16+,22-/m1/s1. The van der Waals surface area contributed by atoms with Crippen molar-refractivity contribution in [2.45, 2.75) is 44.2 Å². The molecule has 0 saturated carbocycles. The number of hydrogen-bond acceptors (Lipinski definition) is 5. The maximum Gasteiger partial charge on any atom is 0.389 e. The van der Waals surface area contributed by atoms with E-state index in [-0.39, 0.29) is 17.1 Å². The largest absolute Gasteiger partial charge is 0.495 e. The summed E-state index contributed by atoms with van der Waals surface area (Å²) in [6.45, 7) is 0. The molecule has 0 fully saturated rings. The highest BCUT2D eigenvalue weighted by Crippen LogP contribution is 2.35. The number of nitrogens with zero attached hydrogens (tertiary/aromatic N) is 1. The lowest BCUT2D eigenvalue weighted by atomic mass is 9.83. The van der Waals surface area contributed by atoms with Gasteiger partial charge in [-0.2, -0.15) is 26.3 Å². The summed E-state index contributed by atoms with van der Waals surface area (Å²) in [6.07, 6.45) is -16.5. The molecule has 3 amide bonds. The van der Waals surface area contributed by atoms with Crippen LogP contribution < -0.4 is 21.1 Å². The summed E-state index contributed by atoms with van der Waals surface area (Å²) in [5.41, 5.74) is 6.29. The summed E-state index contributed by atoms with van der Waals surface area (Å²) >= 11 is 6.13. The van der Waals surface area contributed by atoms with E-state index in [0.717, 1.165) is 0 Å². The zero-order valence-corrected chi connectivity index (χ0v) is 22.2. The van der Waals surface area contributed by atoms with Gasteiger partial charge in [-0.15, -0.1) is 0 Å². The minimum atomic E-state index is -4.79. The predicted molar refractivity (Wildman–Crippen MR) is 137 cm³/mol. The normalized spacial score (nSPS) is 16.9. The quantitative estimate of drug-likeness (QED) is 0.330. The maximum atomic E-state index is 13.3. The number of hydrogen-bond donors (Lipinski definition) is 3. The van der Waals surface area contributed by atoms with Crippen molar-refractivity contribution in [3.63, 3.8) is 0 Å². The Balaban J connectivity index is 2.04. The topological polar surface area (TPSA) is 123 Å². The van der Waals surface area contributed by atoms with E-state index in [1.54, 1.807) is 36.4 Å². The number of para-hydroxylation sites is 1. The van der Waals surface area contributed by atoms with Gasteiger partial charge in [-0.25, -0.2) is 4.99 Å². The van der Waals surface area contributed by atoms with E-state index in [1.807, 2.05) is 0 Å². The first-order chi connectivity index (χ1) is 19.1. The molecule has 0 aliphatic carbocycles. The van der Waals surface area contributed by atoms with Crippen LogP contribution in [0.3, 0.4) is 0 Å². The number of nitrogens with two attached hydrogens (primary N) is 1. The van der Waals surface area contributed by atoms with Crippen molar-refractivity contribution < 1.29 is 45.5 Å². The second-order valence-electron chi connectivity index (χ2n) is 9.19. The molecule has 4 N–H and O–H groups in total. The number of amides is 3. The SMILES string of the molecule is COc1cccc2c1NC(=O)[C@@H](NC(=O)[C@@H](CCC(F)(F)F)[C@@H](CCC(F)(F)F)C(N)=O)N=C2c1cccc(Cl)c1. The number of carbonyl (C=O) groups excluding carboxylic acids is 3. The van der Waals surface area contributed by atoms with Crippen molar-refractivity contribution in [2.75, 3.05) is 12.4 Å². The molecule has 8 nitrogen and oxygen atoms in total. The molecule has 41 heavy (non-hydrogen) atoms. The maximum absolute atomic E-state index is 13.3. The molecule has 0 aromatic heterocycles. The third-order valence-corrected chi connectivity index (χ3v) is 6.53. The van der Waals surface area contributed by atoms with E-state index >= 15 is 0 Å². The molecule has 2 aromatic carbocycles. The van der Waals surface area contributed by atoms with Gasteiger partial charge in [0.15, 0.2) is 0 Å². The molecular weight excluding hydrogens is 582 g/mol. The second-order valence-corrected chi connectivity index (χ2v) is 9.63. The predicted octanol–water partition coefficient (Wildman–Crippen LogP) is 4.98. The minimum Gasteiger partial charge on any atom is -0.495 e. The van der Waals surface area contributed by atoms with Gasteiger partial charge in [-0.1, -0.05) is 35.9 Å². The van der Waals surface area contributed by atoms with E-state index in [4.69, 9.17) is 22.1 Å². The van der Waals surface area contributed by atoms with Gasteiger partial charge in [0, 0.05) is 40.8 Å². The van der Waals surface area contributed by atoms with E-state index in [0.29, 0.717) is 16.1 Å². The molecule has 1 heterocycles. The van der Waals surface area contributed by atoms with Crippen LogP contribution in [0.2, 0.25) is 5.02 Å². The highest BCUT2D eigenvalue weighted by molar-refractivity contribution is 6.31. The molecule has 3 atom stereocenters. The van der Waals surface area contributed by atoms with Crippen LogP contribution in [0.5, 0.6) is 5.75 Å². The zero-order chi connectivity index (χ0) is 30.5. The highest BCUT2D eigenvalue weighted by atomic mass is 35.5. The van der Waals surface area contributed by atoms with Gasteiger partial charge >= 0.3 is 12.4 Å². The zero-order valence-electron chi connectivity index (χ0n) is 21.4. The summed E-state index contributed by atoms with van der Waals surface area (Å²) in [6, 6.07) is 11.0. The summed E-state index contributed by atoms with van der Waals surface area (Å²) in [5, 5.41) is 5.06. The highest BCUT2D eigenvalue weighted by Gasteiger charge is 2.40. The summed E-state index contributed by atoms with van der Waals surface area (Å²) in [4.78, 5) is 42.9. The molecule has 15 heteroatoms. The molecule has 0 unspecified atom stereocenters. The van der Waals surface area contributed by atoms with Gasteiger partial charge < -0.3 is 21.1 Å². The lowest BCUT2D eigenvalue weighted by molar-refractivity contribution is -0.152. The van der Waals surface area contributed by atoms with Gasteiger partial charge in [0.25, 0.3) is 5.91 Å². The monoisotopic (exact) mass is 606 g/mol. The van der Waals surface area contributed by atoms with E-state index in [1.165, 1.54) is 13.2 Å². The van der Waals surface area contributed by atoms with Crippen LogP contribution in [0.15, 0.2) is 47.5 Å². The molecular formula is C26H25ClF6N4O4. The number of ether oxygens (including phenoxy) is 1. The summed E-state index contributed by atoms with van der Waals surface area (Å²) in [7, 11) is 1.35. The van der Waals surface area contributed by atoms with Crippen molar-refractivity contribution in [3.05, 3.63) is 58.6 Å². The van der Waals surface area contributed by atoms with E-state index in [9.17, 15) is 40.7 Å². The van der Waals surface area contributed by atoms with Crippen molar-refractivity contribution in [1.29, 1.82) is 0 Å². The Kier molecular flexibility index (Phi) is 9.89. The number of aliphatic imine (C=N–C) groups is 1. The lowest BCUT2D eigenvalue weighted by Gasteiger charge is -2.26. The van der Waals surface area contributed by atoms with Crippen molar-refractivity contribution in [1.82, 2.24) is 5.32 Å². The molecule has 1 aliphatic heterocycles. The second kappa shape index (κ2) is 12.8. The third kappa shape index (κ3) is 8.59. The Hall–Kier alpha value is -3.81. The molecule has 2 aromatic rings. The number of halogens is 7. The number of benzodiazepines with no additional fused rings is 1. The molecule has 3 rings (SSSR count). The summed E-state index contributed by atoms with van der Waals surface area (Å²) in [5.74, 6) is -7.23. The van der Waals surface area contributed by atoms with Crippen LogP contribution in [-0.2, 0) is 14.4 Å². The fourth-order valence-electron chi connectivity index (χ4n) is 4.38. The number of alkyl halides is 6. The van der Waals surface area contributed by atoms with Crippen LogP contribution in [-0.4, -0.2) is 49.1 Å². The first-order valence-electron chi connectivity index (χ1n) is 12.1. The number of benzene rings is 2. The number of methoxy groups -OCH3 is 1. The molecule has 0 spiro atoms. The number of fused-ring (bicyclic) bond motifs is 1. The molecule has 0 radical (unpaired) electrons. The van der Waals surface area contributed by atoms with Crippen molar-refractivity contribution in [2.24, 2.45) is 22.6 Å². The molecule has 1 aliphatic rings.